The summed E-state index contributed by atoms with van der Waals surface area (Å²) in [5.41, 5.74) is 0.490. The van der Waals surface area contributed by atoms with Crippen LogP contribution in [0.15, 0.2) is 18.2 Å². The third-order valence-electron chi connectivity index (χ3n) is 1.82. The summed E-state index contributed by atoms with van der Waals surface area (Å²) in [6, 6.07) is 5.75. The Morgan fingerprint density at radius 3 is 2.64 bits per heavy atom. The maximum Gasteiger partial charge on any atom is 0.184 e. The highest BCUT2D eigenvalue weighted by atomic mass is 19.1. The van der Waals surface area contributed by atoms with Crippen molar-refractivity contribution in [1.29, 1.82) is 10.5 Å². The second-order valence-corrected chi connectivity index (χ2v) is 2.62. The quantitative estimate of drug-likeness (QED) is 0.528. The van der Waals surface area contributed by atoms with E-state index in [9.17, 15) is 4.39 Å². The fraction of sp³-hybridized carbons (Fsp3) is 0.200. The summed E-state index contributed by atoms with van der Waals surface area (Å²) < 4.78 is 12.9. The van der Waals surface area contributed by atoms with Crippen LogP contribution in [-0.4, -0.2) is 6.54 Å². The zero-order valence-electron chi connectivity index (χ0n) is 7.66. The molecule has 0 aromatic heterocycles. The third kappa shape index (κ3) is 1.81. The van der Waals surface area contributed by atoms with E-state index in [-0.39, 0.29) is 5.56 Å². The molecule has 1 aromatic carbocycles. The van der Waals surface area contributed by atoms with E-state index in [0.717, 1.165) is 0 Å². The van der Waals surface area contributed by atoms with Crippen molar-refractivity contribution in [3.8, 4) is 12.3 Å². The largest absolute Gasteiger partial charge is 0.280 e. The summed E-state index contributed by atoms with van der Waals surface area (Å²) in [4.78, 5) is 1.38. The Morgan fingerprint density at radius 1 is 1.43 bits per heavy atom. The van der Waals surface area contributed by atoms with Gasteiger partial charge in [-0.2, -0.15) is 10.5 Å². The summed E-state index contributed by atoms with van der Waals surface area (Å²) in [6.07, 6.45) is 1.94. The number of nitriles is 2. The topological polar surface area (TPSA) is 50.8 Å². The van der Waals surface area contributed by atoms with Crippen molar-refractivity contribution in [2.45, 2.75) is 6.92 Å². The normalized spacial score (nSPS) is 8.86. The van der Waals surface area contributed by atoms with Crippen LogP contribution in [0.4, 0.5) is 10.1 Å². The lowest BCUT2D eigenvalue weighted by atomic mass is 10.2. The van der Waals surface area contributed by atoms with E-state index in [4.69, 9.17) is 10.5 Å². The Labute approximate surface area is 81.6 Å². The number of anilines is 1. The molecule has 0 aliphatic carbocycles. The molecule has 14 heavy (non-hydrogen) atoms. The van der Waals surface area contributed by atoms with E-state index in [2.05, 4.69) is 0 Å². The molecule has 0 saturated heterocycles. The molecule has 70 valence electrons. The predicted octanol–water partition coefficient (Wildman–Crippen LogP) is 2.00. The molecule has 0 aliphatic rings. The Kier molecular flexibility index (Phi) is 3.04. The van der Waals surface area contributed by atoms with Gasteiger partial charge in [0.25, 0.3) is 0 Å². The van der Waals surface area contributed by atoms with Crippen LogP contribution < -0.4 is 4.90 Å². The fourth-order valence-electron chi connectivity index (χ4n) is 1.08. The Morgan fingerprint density at radius 2 is 2.14 bits per heavy atom. The highest BCUT2D eigenvalue weighted by Crippen LogP contribution is 2.17. The minimum Gasteiger partial charge on any atom is -0.280 e. The van der Waals surface area contributed by atoms with Crippen molar-refractivity contribution < 1.29 is 4.39 Å². The molecule has 0 saturated carbocycles. The molecule has 3 nitrogen and oxygen atoms in total. The fourth-order valence-corrected chi connectivity index (χ4v) is 1.08. The molecule has 4 heteroatoms. The number of halogens is 1. The van der Waals surface area contributed by atoms with E-state index in [1.54, 1.807) is 13.0 Å². The van der Waals surface area contributed by atoms with Gasteiger partial charge in [0.2, 0.25) is 0 Å². The molecule has 1 rings (SSSR count). The van der Waals surface area contributed by atoms with Gasteiger partial charge in [0.15, 0.2) is 6.19 Å². The Bertz CT molecular complexity index is 414. The van der Waals surface area contributed by atoms with Gasteiger partial charge in [-0.1, -0.05) is 0 Å². The number of nitrogens with zero attached hydrogens (tertiary/aromatic N) is 3. The molecule has 0 radical (unpaired) electrons. The van der Waals surface area contributed by atoms with Crippen molar-refractivity contribution in [3.63, 3.8) is 0 Å². The van der Waals surface area contributed by atoms with E-state index < -0.39 is 5.82 Å². The van der Waals surface area contributed by atoms with Crippen LogP contribution in [0, 0.1) is 28.6 Å². The summed E-state index contributed by atoms with van der Waals surface area (Å²) in [5.74, 6) is -0.565. The van der Waals surface area contributed by atoms with Crippen molar-refractivity contribution in [2.24, 2.45) is 0 Å². The van der Waals surface area contributed by atoms with E-state index in [1.165, 1.54) is 23.1 Å². The minimum absolute atomic E-state index is 0.0452. The minimum atomic E-state index is -0.565. The van der Waals surface area contributed by atoms with Crippen molar-refractivity contribution in [3.05, 3.63) is 29.6 Å². The van der Waals surface area contributed by atoms with Crippen LogP contribution in [0.5, 0.6) is 0 Å². The lowest BCUT2D eigenvalue weighted by molar-refractivity contribution is 0.624. The SMILES string of the molecule is CCN(C#N)c1ccc(F)c(C#N)c1. The Balaban J connectivity index is 3.14. The van der Waals surface area contributed by atoms with Gasteiger partial charge in [0.05, 0.1) is 11.3 Å². The molecular weight excluding hydrogens is 181 g/mol. The first-order valence-corrected chi connectivity index (χ1v) is 4.09. The molecule has 0 fully saturated rings. The Hall–Kier alpha value is -2.07. The zero-order valence-corrected chi connectivity index (χ0v) is 7.66. The van der Waals surface area contributed by atoms with Crippen molar-refractivity contribution in [1.82, 2.24) is 0 Å². The van der Waals surface area contributed by atoms with Gasteiger partial charge < -0.3 is 0 Å². The summed E-state index contributed by atoms with van der Waals surface area (Å²) in [7, 11) is 0. The van der Waals surface area contributed by atoms with Gasteiger partial charge in [-0.05, 0) is 25.1 Å². The summed E-state index contributed by atoms with van der Waals surface area (Å²) >= 11 is 0. The second kappa shape index (κ2) is 4.25. The van der Waals surface area contributed by atoms with Gasteiger partial charge in [-0.3, -0.25) is 4.90 Å². The van der Waals surface area contributed by atoms with Gasteiger partial charge in [0, 0.05) is 6.54 Å². The number of rotatable bonds is 2. The average Bonchev–Trinajstić information content (AvgIpc) is 2.22. The molecule has 0 amide bonds. The molecule has 0 aliphatic heterocycles. The van der Waals surface area contributed by atoms with Gasteiger partial charge in [-0.25, -0.2) is 4.39 Å². The van der Waals surface area contributed by atoms with Crippen molar-refractivity contribution in [2.75, 3.05) is 11.4 Å². The highest BCUT2D eigenvalue weighted by molar-refractivity contribution is 5.54. The van der Waals surface area contributed by atoms with Gasteiger partial charge >= 0.3 is 0 Å². The number of benzene rings is 1. The standard InChI is InChI=1S/C10H8FN3/c1-2-14(7-13)9-3-4-10(11)8(5-9)6-12/h3-5H,2H2,1H3. The first-order chi connectivity index (χ1) is 6.72. The molecule has 0 spiro atoms. The summed E-state index contributed by atoms with van der Waals surface area (Å²) in [5, 5.41) is 17.3. The third-order valence-corrected chi connectivity index (χ3v) is 1.82. The van der Waals surface area contributed by atoms with E-state index in [0.29, 0.717) is 12.2 Å². The number of hydrogen-bond acceptors (Lipinski definition) is 3. The van der Waals surface area contributed by atoms with Gasteiger partial charge in [-0.15, -0.1) is 0 Å². The summed E-state index contributed by atoms with van der Waals surface area (Å²) in [6.45, 7) is 2.30. The zero-order chi connectivity index (χ0) is 10.6. The maximum atomic E-state index is 12.9. The van der Waals surface area contributed by atoms with Crippen LogP contribution in [0.1, 0.15) is 12.5 Å². The number of hydrogen-bond donors (Lipinski definition) is 0. The monoisotopic (exact) mass is 189 g/mol. The van der Waals surface area contributed by atoms with Crippen LogP contribution in [0.2, 0.25) is 0 Å². The lowest BCUT2D eigenvalue weighted by Gasteiger charge is -2.12. The predicted molar refractivity (Wildman–Crippen MR) is 49.7 cm³/mol. The maximum absolute atomic E-state index is 12.9. The molecule has 0 unspecified atom stereocenters. The van der Waals surface area contributed by atoms with Crippen LogP contribution in [0.3, 0.4) is 0 Å². The molecule has 0 heterocycles. The first kappa shape index (κ1) is 10.0. The smallest absolute Gasteiger partial charge is 0.184 e. The molecule has 1 aromatic rings. The molecule has 0 atom stereocenters. The van der Waals surface area contributed by atoms with Crippen LogP contribution in [-0.2, 0) is 0 Å². The molecular formula is C10H8FN3. The lowest BCUT2D eigenvalue weighted by Crippen LogP contribution is -2.15. The van der Waals surface area contributed by atoms with E-state index >= 15 is 0 Å². The van der Waals surface area contributed by atoms with E-state index in [1.807, 2.05) is 6.19 Å². The molecule has 0 N–H and O–H groups in total. The van der Waals surface area contributed by atoms with Gasteiger partial charge in [0.1, 0.15) is 11.9 Å². The average molecular weight is 189 g/mol. The molecule has 0 bridgehead atoms. The van der Waals surface area contributed by atoms with Crippen LogP contribution >= 0.6 is 0 Å². The highest BCUT2D eigenvalue weighted by Gasteiger charge is 2.06. The van der Waals surface area contributed by atoms with Crippen LogP contribution in [0.25, 0.3) is 0 Å². The van der Waals surface area contributed by atoms with Crippen molar-refractivity contribution >= 4 is 5.69 Å². The first-order valence-electron chi connectivity index (χ1n) is 4.09. The second-order valence-electron chi connectivity index (χ2n) is 2.62.